The van der Waals surface area contributed by atoms with E-state index in [9.17, 15) is 4.79 Å². The Labute approximate surface area is 96.7 Å². The van der Waals surface area contributed by atoms with Crippen LogP contribution in [0, 0.1) is 0 Å². The van der Waals surface area contributed by atoms with Gasteiger partial charge in [-0.3, -0.25) is 0 Å². The van der Waals surface area contributed by atoms with Crippen LogP contribution in [0.4, 0.5) is 4.79 Å². The first-order valence-electron chi connectivity index (χ1n) is 6.39. The fourth-order valence-corrected chi connectivity index (χ4v) is 2.39. The summed E-state index contributed by atoms with van der Waals surface area (Å²) in [7, 11) is 0. The minimum Gasteiger partial charge on any atom is -0.446 e. The monoisotopic (exact) mass is 227 g/mol. The number of nitrogens with one attached hydrogen (secondary N) is 1. The minimum atomic E-state index is -0.237. The number of amides is 1. The van der Waals surface area contributed by atoms with E-state index in [0.29, 0.717) is 19.3 Å². The van der Waals surface area contributed by atoms with Crippen LogP contribution in [0.1, 0.15) is 44.9 Å². The second kappa shape index (κ2) is 6.09. The number of carbonyl (C=O) groups is 1. The first-order chi connectivity index (χ1) is 7.84. The quantitative estimate of drug-likeness (QED) is 0.787. The van der Waals surface area contributed by atoms with Gasteiger partial charge in [-0.1, -0.05) is 19.3 Å². The summed E-state index contributed by atoms with van der Waals surface area (Å²) in [6.07, 6.45) is 7.43. The molecule has 0 unspecified atom stereocenters. The van der Waals surface area contributed by atoms with Crippen molar-refractivity contribution in [3.63, 3.8) is 0 Å². The molecular weight excluding hydrogens is 206 g/mol. The third-order valence-corrected chi connectivity index (χ3v) is 3.37. The molecule has 1 aliphatic carbocycles. The molecule has 4 heteroatoms. The van der Waals surface area contributed by atoms with Crippen LogP contribution >= 0.6 is 0 Å². The highest BCUT2D eigenvalue weighted by molar-refractivity contribution is 5.67. The van der Waals surface area contributed by atoms with Gasteiger partial charge in [-0.15, -0.1) is 0 Å². The number of carbonyl (C=O) groups excluding carboxylic acids is 1. The van der Waals surface area contributed by atoms with Crippen molar-refractivity contribution in [2.75, 3.05) is 13.2 Å². The number of hydrogen-bond acceptors (Lipinski definition) is 3. The van der Waals surface area contributed by atoms with Gasteiger partial charge in [-0.25, -0.2) is 4.79 Å². The molecular formula is C12H21NO3. The van der Waals surface area contributed by atoms with Crippen molar-refractivity contribution in [3.8, 4) is 0 Å². The first-order valence-corrected chi connectivity index (χ1v) is 6.39. The van der Waals surface area contributed by atoms with Gasteiger partial charge in [0.2, 0.25) is 0 Å². The van der Waals surface area contributed by atoms with E-state index in [-0.39, 0.29) is 12.2 Å². The van der Waals surface area contributed by atoms with Gasteiger partial charge in [0, 0.05) is 18.9 Å². The molecule has 0 spiro atoms. The van der Waals surface area contributed by atoms with Gasteiger partial charge in [-0.05, 0) is 12.8 Å². The average molecular weight is 227 g/mol. The molecule has 2 rings (SSSR count). The van der Waals surface area contributed by atoms with Crippen molar-refractivity contribution < 1.29 is 14.3 Å². The zero-order valence-corrected chi connectivity index (χ0v) is 9.74. The second-order valence-electron chi connectivity index (χ2n) is 4.70. The lowest BCUT2D eigenvalue weighted by molar-refractivity contribution is 0.000472. The third-order valence-electron chi connectivity index (χ3n) is 3.37. The molecule has 0 aromatic rings. The summed E-state index contributed by atoms with van der Waals surface area (Å²) in [4.78, 5) is 11.6. The van der Waals surface area contributed by atoms with E-state index in [1.165, 1.54) is 19.3 Å². The lowest BCUT2D eigenvalue weighted by atomic mass is 9.96. The molecule has 2 aliphatic rings. The molecule has 1 heterocycles. The zero-order chi connectivity index (χ0) is 11.2. The molecule has 1 saturated heterocycles. The number of hydrogen-bond donors (Lipinski definition) is 1. The van der Waals surface area contributed by atoms with Gasteiger partial charge in [0.25, 0.3) is 0 Å². The summed E-state index contributed by atoms with van der Waals surface area (Å²) in [5.41, 5.74) is 0. The Bertz CT molecular complexity index is 198. The smallest absolute Gasteiger partial charge is 0.407 e. The molecule has 1 N–H and O–H groups in total. The van der Waals surface area contributed by atoms with E-state index in [2.05, 4.69) is 5.32 Å². The van der Waals surface area contributed by atoms with Gasteiger partial charge in [0.05, 0.1) is 13.2 Å². The topological polar surface area (TPSA) is 47.6 Å². The van der Waals surface area contributed by atoms with Gasteiger partial charge < -0.3 is 14.8 Å². The molecule has 92 valence electrons. The van der Waals surface area contributed by atoms with Gasteiger partial charge in [-0.2, -0.15) is 0 Å². The predicted molar refractivity (Wildman–Crippen MR) is 60.3 cm³/mol. The predicted octanol–water partition coefficient (Wildman–Crippen LogP) is 2.22. The summed E-state index contributed by atoms with van der Waals surface area (Å²) in [5.74, 6) is 0. The maximum absolute atomic E-state index is 11.6. The van der Waals surface area contributed by atoms with Crippen molar-refractivity contribution in [2.45, 2.75) is 57.1 Å². The van der Waals surface area contributed by atoms with Crippen LogP contribution in [-0.4, -0.2) is 31.5 Å². The van der Waals surface area contributed by atoms with Crippen LogP contribution in [0.5, 0.6) is 0 Å². The van der Waals surface area contributed by atoms with E-state index in [1.807, 2.05) is 0 Å². The Hall–Kier alpha value is -0.770. The Kier molecular flexibility index (Phi) is 4.45. The molecule has 16 heavy (non-hydrogen) atoms. The van der Waals surface area contributed by atoms with Crippen molar-refractivity contribution in [1.29, 1.82) is 0 Å². The Morgan fingerprint density at radius 3 is 2.44 bits per heavy atom. The molecule has 1 aliphatic heterocycles. The van der Waals surface area contributed by atoms with E-state index in [4.69, 9.17) is 9.47 Å². The number of ether oxygens (including phenoxy) is 2. The van der Waals surface area contributed by atoms with E-state index < -0.39 is 0 Å². The van der Waals surface area contributed by atoms with E-state index >= 15 is 0 Å². The van der Waals surface area contributed by atoms with Gasteiger partial charge in [0.1, 0.15) is 6.10 Å². The van der Waals surface area contributed by atoms with Crippen LogP contribution < -0.4 is 5.32 Å². The second-order valence-corrected chi connectivity index (χ2v) is 4.70. The fraction of sp³-hybridized carbons (Fsp3) is 0.917. The van der Waals surface area contributed by atoms with Crippen molar-refractivity contribution in [2.24, 2.45) is 0 Å². The fourth-order valence-electron chi connectivity index (χ4n) is 2.39. The molecule has 0 radical (unpaired) electrons. The van der Waals surface area contributed by atoms with Gasteiger partial charge in [0.15, 0.2) is 0 Å². The SMILES string of the molecule is O=C(NC1CCCCC1)OC1CCOCC1. The molecule has 1 amide bonds. The maximum Gasteiger partial charge on any atom is 0.407 e. The lowest BCUT2D eigenvalue weighted by Gasteiger charge is -2.26. The number of alkyl carbamates (subject to hydrolysis) is 1. The van der Waals surface area contributed by atoms with Crippen molar-refractivity contribution in [3.05, 3.63) is 0 Å². The Morgan fingerprint density at radius 1 is 1.06 bits per heavy atom. The zero-order valence-electron chi connectivity index (χ0n) is 9.74. The Balaban J connectivity index is 1.66. The molecule has 0 aromatic carbocycles. The highest BCUT2D eigenvalue weighted by atomic mass is 16.6. The van der Waals surface area contributed by atoms with Crippen LogP contribution in [0.25, 0.3) is 0 Å². The van der Waals surface area contributed by atoms with Gasteiger partial charge >= 0.3 is 6.09 Å². The maximum atomic E-state index is 11.6. The first kappa shape index (κ1) is 11.7. The minimum absolute atomic E-state index is 0.0531. The summed E-state index contributed by atoms with van der Waals surface area (Å²) in [5, 5.41) is 2.96. The summed E-state index contributed by atoms with van der Waals surface area (Å²) in [6.45, 7) is 1.42. The van der Waals surface area contributed by atoms with Crippen LogP contribution in [0.2, 0.25) is 0 Å². The average Bonchev–Trinajstić information content (AvgIpc) is 2.31. The summed E-state index contributed by atoms with van der Waals surface area (Å²) >= 11 is 0. The lowest BCUT2D eigenvalue weighted by Crippen LogP contribution is -2.39. The third kappa shape index (κ3) is 3.67. The Morgan fingerprint density at radius 2 is 1.75 bits per heavy atom. The van der Waals surface area contributed by atoms with Crippen molar-refractivity contribution >= 4 is 6.09 Å². The molecule has 0 atom stereocenters. The normalized spacial score (nSPS) is 24.0. The highest BCUT2D eigenvalue weighted by Gasteiger charge is 2.21. The van der Waals surface area contributed by atoms with E-state index in [0.717, 1.165) is 25.7 Å². The standard InChI is InChI=1S/C12H21NO3/c14-12(13-10-4-2-1-3-5-10)16-11-6-8-15-9-7-11/h10-11H,1-9H2,(H,13,14). The largest absolute Gasteiger partial charge is 0.446 e. The van der Waals surface area contributed by atoms with Crippen LogP contribution in [0.15, 0.2) is 0 Å². The molecule has 2 fully saturated rings. The van der Waals surface area contributed by atoms with E-state index in [1.54, 1.807) is 0 Å². The molecule has 0 aromatic heterocycles. The van der Waals surface area contributed by atoms with Crippen LogP contribution in [0.3, 0.4) is 0 Å². The molecule has 0 bridgehead atoms. The van der Waals surface area contributed by atoms with Crippen molar-refractivity contribution in [1.82, 2.24) is 5.32 Å². The van der Waals surface area contributed by atoms with Crippen LogP contribution in [-0.2, 0) is 9.47 Å². The summed E-state index contributed by atoms with van der Waals surface area (Å²) in [6, 6.07) is 0.334. The molecule has 1 saturated carbocycles. The highest BCUT2D eigenvalue weighted by Crippen LogP contribution is 2.18. The number of rotatable bonds is 2. The molecule has 4 nitrogen and oxygen atoms in total. The summed E-state index contributed by atoms with van der Waals surface area (Å²) < 4.78 is 10.6.